The van der Waals surface area contributed by atoms with Gasteiger partial charge in [0, 0.05) is 25.8 Å². The standard InChI is InChI=1S/C12H18BrN3O2/c1-2-5-16-12(17)11(13)10(8-14-16)15-9-3-6-18-7-4-9/h8-9,15H,2-7H2,1H3. The Kier molecular flexibility index (Phi) is 4.77. The molecule has 1 saturated heterocycles. The van der Waals surface area contributed by atoms with Crippen LogP contribution in [0.5, 0.6) is 0 Å². The SMILES string of the molecule is CCCn1ncc(NC2CCOCC2)c(Br)c1=O. The monoisotopic (exact) mass is 315 g/mol. The van der Waals surface area contributed by atoms with Crippen LogP contribution in [-0.2, 0) is 11.3 Å². The Morgan fingerprint density at radius 2 is 2.28 bits per heavy atom. The van der Waals surface area contributed by atoms with Crippen molar-refractivity contribution >= 4 is 21.6 Å². The van der Waals surface area contributed by atoms with Crippen molar-refractivity contribution < 1.29 is 4.74 Å². The van der Waals surface area contributed by atoms with Crippen LogP contribution in [0, 0.1) is 0 Å². The molecular weight excluding hydrogens is 298 g/mol. The summed E-state index contributed by atoms with van der Waals surface area (Å²) in [5.74, 6) is 0. The zero-order valence-corrected chi connectivity index (χ0v) is 12.1. The number of hydrogen-bond donors (Lipinski definition) is 1. The lowest BCUT2D eigenvalue weighted by Crippen LogP contribution is -2.30. The smallest absolute Gasteiger partial charge is 0.283 e. The topological polar surface area (TPSA) is 56.1 Å². The van der Waals surface area contributed by atoms with Gasteiger partial charge in [-0.25, -0.2) is 4.68 Å². The van der Waals surface area contributed by atoms with E-state index in [1.165, 1.54) is 4.68 Å². The number of hydrogen-bond acceptors (Lipinski definition) is 4. The normalized spacial score (nSPS) is 16.8. The van der Waals surface area contributed by atoms with Crippen LogP contribution in [-0.4, -0.2) is 29.0 Å². The zero-order chi connectivity index (χ0) is 13.0. The number of ether oxygens (including phenoxy) is 1. The Balaban J connectivity index is 2.13. The van der Waals surface area contributed by atoms with E-state index in [9.17, 15) is 4.79 Å². The third-order valence-electron chi connectivity index (χ3n) is 3.00. The molecule has 2 rings (SSSR count). The van der Waals surface area contributed by atoms with Gasteiger partial charge in [-0.1, -0.05) is 6.92 Å². The summed E-state index contributed by atoms with van der Waals surface area (Å²) in [6, 6.07) is 0.360. The van der Waals surface area contributed by atoms with Crippen molar-refractivity contribution in [1.82, 2.24) is 9.78 Å². The number of aryl methyl sites for hydroxylation is 1. The molecule has 0 spiro atoms. The molecule has 1 aromatic rings. The first-order valence-electron chi connectivity index (χ1n) is 6.32. The van der Waals surface area contributed by atoms with E-state index in [-0.39, 0.29) is 5.56 Å². The summed E-state index contributed by atoms with van der Waals surface area (Å²) >= 11 is 3.36. The zero-order valence-electron chi connectivity index (χ0n) is 10.5. The molecule has 100 valence electrons. The minimum absolute atomic E-state index is 0.0751. The van der Waals surface area contributed by atoms with E-state index in [4.69, 9.17) is 4.74 Å². The molecule has 0 amide bonds. The van der Waals surface area contributed by atoms with Gasteiger partial charge in [0.2, 0.25) is 0 Å². The van der Waals surface area contributed by atoms with Crippen LogP contribution in [0.25, 0.3) is 0 Å². The Hall–Kier alpha value is -0.880. The van der Waals surface area contributed by atoms with E-state index < -0.39 is 0 Å². The van der Waals surface area contributed by atoms with E-state index in [0.717, 1.165) is 38.2 Å². The Morgan fingerprint density at radius 1 is 1.56 bits per heavy atom. The van der Waals surface area contributed by atoms with Crippen LogP contribution < -0.4 is 10.9 Å². The van der Waals surface area contributed by atoms with Crippen molar-refractivity contribution in [3.8, 4) is 0 Å². The molecule has 0 saturated carbocycles. The molecule has 1 aliphatic rings. The van der Waals surface area contributed by atoms with Gasteiger partial charge in [-0.15, -0.1) is 0 Å². The molecule has 0 aromatic carbocycles. The second-order valence-electron chi connectivity index (χ2n) is 4.43. The van der Waals surface area contributed by atoms with Crippen molar-refractivity contribution in [3.63, 3.8) is 0 Å². The first kappa shape index (κ1) is 13.5. The highest BCUT2D eigenvalue weighted by atomic mass is 79.9. The van der Waals surface area contributed by atoms with Crippen molar-refractivity contribution in [1.29, 1.82) is 0 Å². The van der Waals surface area contributed by atoms with Crippen molar-refractivity contribution in [2.75, 3.05) is 18.5 Å². The lowest BCUT2D eigenvalue weighted by Gasteiger charge is -2.24. The largest absolute Gasteiger partial charge is 0.381 e. The van der Waals surface area contributed by atoms with Gasteiger partial charge in [0.05, 0.1) is 11.9 Å². The first-order valence-corrected chi connectivity index (χ1v) is 7.11. The first-order chi connectivity index (χ1) is 8.72. The number of anilines is 1. The van der Waals surface area contributed by atoms with Crippen LogP contribution in [0.3, 0.4) is 0 Å². The van der Waals surface area contributed by atoms with Gasteiger partial charge in [-0.2, -0.15) is 5.10 Å². The van der Waals surface area contributed by atoms with Crippen molar-refractivity contribution in [2.24, 2.45) is 0 Å². The third kappa shape index (κ3) is 3.11. The van der Waals surface area contributed by atoms with Crippen LogP contribution in [0.4, 0.5) is 5.69 Å². The van der Waals surface area contributed by atoms with Gasteiger partial charge >= 0.3 is 0 Å². The summed E-state index contributed by atoms with van der Waals surface area (Å²) in [6.45, 7) is 4.22. The number of nitrogens with zero attached hydrogens (tertiary/aromatic N) is 2. The fourth-order valence-corrected chi connectivity index (χ4v) is 2.42. The molecule has 0 bridgehead atoms. The predicted molar refractivity (Wildman–Crippen MR) is 74.0 cm³/mol. The molecule has 0 atom stereocenters. The van der Waals surface area contributed by atoms with Gasteiger partial charge in [0.1, 0.15) is 4.47 Å². The molecule has 1 fully saturated rings. The molecule has 6 heteroatoms. The molecule has 1 aromatic heterocycles. The molecule has 0 radical (unpaired) electrons. The molecule has 18 heavy (non-hydrogen) atoms. The van der Waals surface area contributed by atoms with Crippen LogP contribution in [0.2, 0.25) is 0 Å². The maximum absolute atomic E-state index is 12.0. The third-order valence-corrected chi connectivity index (χ3v) is 3.77. The second-order valence-corrected chi connectivity index (χ2v) is 5.22. The van der Waals surface area contributed by atoms with Crippen LogP contribution in [0.1, 0.15) is 26.2 Å². The van der Waals surface area contributed by atoms with Crippen LogP contribution >= 0.6 is 15.9 Å². The van der Waals surface area contributed by atoms with Gasteiger partial charge in [-0.3, -0.25) is 4.79 Å². The van der Waals surface area contributed by atoms with Crippen molar-refractivity contribution in [3.05, 3.63) is 21.0 Å². The second kappa shape index (κ2) is 6.33. The highest BCUT2D eigenvalue weighted by Gasteiger charge is 2.16. The lowest BCUT2D eigenvalue weighted by atomic mass is 10.1. The number of nitrogens with one attached hydrogen (secondary N) is 1. The van der Waals surface area contributed by atoms with Gasteiger partial charge in [0.15, 0.2) is 0 Å². The van der Waals surface area contributed by atoms with E-state index in [2.05, 4.69) is 26.3 Å². The maximum atomic E-state index is 12.0. The van der Waals surface area contributed by atoms with Gasteiger partial charge in [0.25, 0.3) is 5.56 Å². The fourth-order valence-electron chi connectivity index (χ4n) is 2.00. The molecule has 5 nitrogen and oxygen atoms in total. The van der Waals surface area contributed by atoms with E-state index in [1.807, 2.05) is 6.92 Å². The number of rotatable bonds is 4. The predicted octanol–water partition coefficient (Wildman–Crippen LogP) is 2.01. The average molecular weight is 316 g/mol. The quantitative estimate of drug-likeness (QED) is 0.923. The highest BCUT2D eigenvalue weighted by Crippen LogP contribution is 2.20. The number of halogens is 1. The Bertz CT molecular complexity index is 455. The Labute approximate surface area is 115 Å². The van der Waals surface area contributed by atoms with Crippen molar-refractivity contribution in [2.45, 2.75) is 38.8 Å². The average Bonchev–Trinajstić information content (AvgIpc) is 2.40. The molecule has 1 aliphatic heterocycles. The minimum atomic E-state index is -0.0751. The molecule has 0 aliphatic carbocycles. The summed E-state index contributed by atoms with van der Waals surface area (Å²) in [5.41, 5.74) is 0.702. The lowest BCUT2D eigenvalue weighted by molar-refractivity contribution is 0.0904. The molecule has 0 unspecified atom stereocenters. The summed E-state index contributed by atoms with van der Waals surface area (Å²) in [7, 11) is 0. The fraction of sp³-hybridized carbons (Fsp3) is 0.667. The summed E-state index contributed by atoms with van der Waals surface area (Å²) in [4.78, 5) is 12.0. The van der Waals surface area contributed by atoms with E-state index >= 15 is 0 Å². The highest BCUT2D eigenvalue weighted by molar-refractivity contribution is 9.10. The summed E-state index contributed by atoms with van der Waals surface area (Å²) < 4.78 is 7.36. The van der Waals surface area contributed by atoms with Gasteiger partial charge in [-0.05, 0) is 35.2 Å². The Morgan fingerprint density at radius 3 is 2.94 bits per heavy atom. The minimum Gasteiger partial charge on any atom is -0.381 e. The summed E-state index contributed by atoms with van der Waals surface area (Å²) in [6.07, 6.45) is 4.54. The molecule has 1 N–H and O–H groups in total. The summed E-state index contributed by atoms with van der Waals surface area (Å²) in [5, 5.41) is 7.53. The van der Waals surface area contributed by atoms with E-state index in [1.54, 1.807) is 6.20 Å². The van der Waals surface area contributed by atoms with Gasteiger partial charge < -0.3 is 10.1 Å². The van der Waals surface area contributed by atoms with Crippen LogP contribution in [0.15, 0.2) is 15.5 Å². The molecular formula is C12H18BrN3O2. The number of aromatic nitrogens is 2. The molecule has 2 heterocycles. The van der Waals surface area contributed by atoms with E-state index in [0.29, 0.717) is 17.1 Å². The maximum Gasteiger partial charge on any atom is 0.283 e.